The molecule has 1 atom stereocenters. The number of nitrogens with zero attached hydrogens (tertiary/aromatic N) is 4. The first-order valence-corrected chi connectivity index (χ1v) is 18.0. The minimum absolute atomic E-state index is 0.454. The molecule has 7 aromatic carbocycles. The van der Waals surface area contributed by atoms with Crippen LogP contribution in [-0.2, 0) is 11.8 Å². The Morgan fingerprint density at radius 2 is 1.17 bits per heavy atom. The van der Waals surface area contributed by atoms with E-state index in [9.17, 15) is 0 Å². The summed E-state index contributed by atoms with van der Waals surface area (Å²) < 4.78 is 2.50. The number of para-hydroxylation sites is 3. The molecule has 0 N–H and O–H groups in total. The fraction of sp³-hybridized carbons (Fsp3) is 0.0625. The van der Waals surface area contributed by atoms with Crippen molar-refractivity contribution in [3.63, 3.8) is 0 Å². The summed E-state index contributed by atoms with van der Waals surface area (Å²) in [5, 5.41) is 11.9. The quantitative estimate of drug-likeness (QED) is 0.188. The molecule has 1 aliphatic heterocycles. The number of aryl methyl sites for hydroxylation is 1. The van der Waals surface area contributed by atoms with Gasteiger partial charge in [-0.2, -0.15) is 0 Å². The molecule has 0 radical (unpaired) electrons. The van der Waals surface area contributed by atoms with E-state index in [4.69, 9.17) is 10.1 Å². The van der Waals surface area contributed by atoms with E-state index in [0.29, 0.717) is 5.82 Å². The molecule has 2 aliphatic rings. The second kappa shape index (κ2) is 10.9. The lowest BCUT2D eigenvalue weighted by Gasteiger charge is -2.39. The minimum Gasteiger partial charge on any atom is -0.309 e. The molecule has 1 unspecified atom stereocenters. The van der Waals surface area contributed by atoms with Crippen molar-refractivity contribution in [1.82, 2.24) is 19.7 Å². The normalized spacial score (nSPS) is 15.2. The molecule has 0 bridgehead atoms. The Bertz CT molecular complexity index is 2900. The van der Waals surface area contributed by atoms with Crippen molar-refractivity contribution in [1.29, 1.82) is 0 Å². The van der Waals surface area contributed by atoms with Gasteiger partial charge in [0.15, 0.2) is 5.82 Å². The van der Waals surface area contributed by atoms with Crippen molar-refractivity contribution in [3.8, 4) is 50.6 Å². The monoisotopic (exact) mass is 664 g/mol. The van der Waals surface area contributed by atoms with E-state index >= 15 is 0 Å². The number of hydrogen-bond acceptors (Lipinski definition) is 3. The Morgan fingerprint density at radius 3 is 2.08 bits per heavy atom. The number of fused-ring (bicyclic) bond motifs is 12. The van der Waals surface area contributed by atoms with Gasteiger partial charge in [-0.1, -0.05) is 146 Å². The fourth-order valence-corrected chi connectivity index (χ4v) is 9.13. The third kappa shape index (κ3) is 3.84. The van der Waals surface area contributed by atoms with Gasteiger partial charge >= 0.3 is 0 Å². The van der Waals surface area contributed by atoms with E-state index < -0.39 is 5.41 Å². The topological polar surface area (TPSA) is 43.6 Å². The van der Waals surface area contributed by atoms with Crippen LogP contribution in [0.1, 0.15) is 34.9 Å². The molecule has 3 heterocycles. The standard InChI is InChI=1S/C48H32N4/c1-2-42-45(50-51-47(49-42)30-14-4-3-5-15-30)33-17-12-16-31(28-33)32-26-27-39-37(29-32)34-18-6-8-21-38(34)48(39)40-22-9-11-25-44(40)52-43-24-10-7-19-35(43)36-20-13-23-41(48)46(36)52/h3-29H,2H2,1H3. The highest BCUT2D eigenvalue weighted by Crippen LogP contribution is 2.61. The molecule has 9 aromatic rings. The van der Waals surface area contributed by atoms with Crippen LogP contribution >= 0.6 is 0 Å². The summed E-state index contributed by atoms with van der Waals surface area (Å²) in [7, 11) is 0. The Morgan fingerprint density at radius 1 is 0.500 bits per heavy atom. The maximum absolute atomic E-state index is 4.95. The average Bonchev–Trinajstić information content (AvgIpc) is 3.71. The molecule has 2 aromatic heterocycles. The first-order valence-electron chi connectivity index (χ1n) is 18.0. The maximum Gasteiger partial charge on any atom is 0.182 e. The van der Waals surface area contributed by atoms with Crippen LogP contribution < -0.4 is 0 Å². The maximum atomic E-state index is 4.95. The number of hydrogen-bond donors (Lipinski definition) is 0. The fourth-order valence-electron chi connectivity index (χ4n) is 9.13. The predicted octanol–water partition coefficient (Wildman–Crippen LogP) is 11.2. The van der Waals surface area contributed by atoms with Gasteiger partial charge in [0.2, 0.25) is 0 Å². The van der Waals surface area contributed by atoms with Crippen molar-refractivity contribution in [2.75, 3.05) is 0 Å². The van der Waals surface area contributed by atoms with Gasteiger partial charge < -0.3 is 4.57 Å². The Kier molecular flexibility index (Phi) is 6.12. The number of aromatic nitrogens is 4. The molecule has 244 valence electrons. The van der Waals surface area contributed by atoms with Crippen LogP contribution in [0.2, 0.25) is 0 Å². The molecule has 4 nitrogen and oxygen atoms in total. The van der Waals surface area contributed by atoms with Gasteiger partial charge in [0, 0.05) is 21.9 Å². The molecule has 1 aliphatic carbocycles. The molecule has 0 amide bonds. The summed E-state index contributed by atoms with van der Waals surface area (Å²) in [6.07, 6.45) is 0.764. The summed E-state index contributed by atoms with van der Waals surface area (Å²) >= 11 is 0. The summed E-state index contributed by atoms with van der Waals surface area (Å²) in [6.45, 7) is 2.13. The van der Waals surface area contributed by atoms with Gasteiger partial charge in [0.1, 0.15) is 5.69 Å². The SMILES string of the molecule is CCc1nc(-c2ccccc2)nnc1-c1cccc(-c2ccc3c(c2)-c2ccccc2C32c3ccccc3-n3c4ccccc4c4cccc2c43)c1. The highest BCUT2D eigenvalue weighted by atomic mass is 15.2. The molecular formula is C48H32N4. The zero-order chi connectivity index (χ0) is 34.4. The van der Waals surface area contributed by atoms with E-state index in [-0.39, 0.29) is 0 Å². The van der Waals surface area contributed by atoms with Gasteiger partial charge in [-0.25, -0.2) is 4.98 Å². The Hall–Kier alpha value is -6.65. The van der Waals surface area contributed by atoms with Crippen molar-refractivity contribution in [3.05, 3.63) is 192 Å². The molecule has 0 fully saturated rings. The van der Waals surface area contributed by atoms with Crippen molar-refractivity contribution >= 4 is 21.8 Å². The van der Waals surface area contributed by atoms with Crippen LogP contribution in [0.5, 0.6) is 0 Å². The van der Waals surface area contributed by atoms with E-state index in [0.717, 1.165) is 34.5 Å². The third-order valence-corrected chi connectivity index (χ3v) is 11.3. The molecular weight excluding hydrogens is 633 g/mol. The van der Waals surface area contributed by atoms with Gasteiger partial charge in [-0.05, 0) is 75.2 Å². The lowest BCUT2D eigenvalue weighted by molar-refractivity contribution is 0.748. The van der Waals surface area contributed by atoms with Crippen LogP contribution in [0.25, 0.3) is 72.4 Å². The second-order valence-corrected chi connectivity index (χ2v) is 13.9. The molecule has 11 rings (SSSR count). The molecule has 0 saturated carbocycles. The smallest absolute Gasteiger partial charge is 0.182 e. The average molecular weight is 665 g/mol. The minimum atomic E-state index is -0.454. The molecule has 4 heteroatoms. The van der Waals surface area contributed by atoms with Gasteiger partial charge in [0.25, 0.3) is 0 Å². The van der Waals surface area contributed by atoms with E-state index in [1.807, 2.05) is 30.3 Å². The lowest BCUT2D eigenvalue weighted by atomic mass is 9.65. The zero-order valence-electron chi connectivity index (χ0n) is 28.6. The van der Waals surface area contributed by atoms with Crippen LogP contribution in [0.3, 0.4) is 0 Å². The largest absolute Gasteiger partial charge is 0.309 e. The zero-order valence-corrected chi connectivity index (χ0v) is 28.6. The summed E-state index contributed by atoms with van der Waals surface area (Å²) in [4.78, 5) is 4.95. The van der Waals surface area contributed by atoms with E-state index in [1.165, 1.54) is 66.4 Å². The van der Waals surface area contributed by atoms with Crippen molar-refractivity contribution in [2.24, 2.45) is 0 Å². The third-order valence-electron chi connectivity index (χ3n) is 11.3. The van der Waals surface area contributed by atoms with E-state index in [2.05, 4.69) is 150 Å². The van der Waals surface area contributed by atoms with Gasteiger partial charge in [-0.3, -0.25) is 0 Å². The predicted molar refractivity (Wildman–Crippen MR) is 211 cm³/mol. The van der Waals surface area contributed by atoms with Crippen LogP contribution in [0.15, 0.2) is 164 Å². The summed E-state index contributed by atoms with van der Waals surface area (Å²) in [5.74, 6) is 0.656. The summed E-state index contributed by atoms with van der Waals surface area (Å²) in [6, 6.07) is 59.6. The Balaban J connectivity index is 1.11. The van der Waals surface area contributed by atoms with Gasteiger partial charge in [-0.15, -0.1) is 10.2 Å². The lowest BCUT2D eigenvalue weighted by Crippen LogP contribution is -2.33. The van der Waals surface area contributed by atoms with Gasteiger partial charge in [0.05, 0.1) is 27.8 Å². The highest BCUT2D eigenvalue weighted by Gasteiger charge is 2.50. The van der Waals surface area contributed by atoms with Crippen molar-refractivity contribution in [2.45, 2.75) is 18.8 Å². The Labute approximate surface area is 301 Å². The molecule has 1 spiro atoms. The van der Waals surface area contributed by atoms with Crippen LogP contribution in [0, 0.1) is 0 Å². The second-order valence-electron chi connectivity index (χ2n) is 13.9. The highest BCUT2D eigenvalue weighted by molar-refractivity contribution is 6.12. The van der Waals surface area contributed by atoms with Crippen LogP contribution in [-0.4, -0.2) is 19.7 Å². The number of rotatable bonds is 4. The van der Waals surface area contributed by atoms with E-state index in [1.54, 1.807) is 0 Å². The first-order chi connectivity index (χ1) is 25.8. The van der Waals surface area contributed by atoms with Crippen LogP contribution in [0.4, 0.5) is 0 Å². The first kappa shape index (κ1) is 29.1. The molecule has 52 heavy (non-hydrogen) atoms. The summed E-state index contributed by atoms with van der Waals surface area (Å²) in [5.41, 5.74) is 17.3. The van der Waals surface area contributed by atoms with Crippen molar-refractivity contribution < 1.29 is 0 Å². The number of benzene rings is 7. The molecule has 0 saturated heterocycles.